The molecule has 2 amide bonds. The Morgan fingerprint density at radius 2 is 2.00 bits per heavy atom. The van der Waals surface area contributed by atoms with Crippen LogP contribution in [0, 0.1) is 5.82 Å². The van der Waals surface area contributed by atoms with E-state index in [4.69, 9.17) is 4.74 Å². The van der Waals surface area contributed by atoms with Crippen molar-refractivity contribution in [3.8, 4) is 0 Å². The summed E-state index contributed by atoms with van der Waals surface area (Å²) < 4.78 is 18.4. The Labute approximate surface area is 134 Å². The Morgan fingerprint density at radius 1 is 1.26 bits per heavy atom. The molecule has 1 aliphatic carbocycles. The molecule has 3 rings (SSSR count). The van der Waals surface area contributed by atoms with Gasteiger partial charge in [-0.1, -0.05) is 0 Å². The van der Waals surface area contributed by atoms with Gasteiger partial charge < -0.3 is 15.0 Å². The number of hydrogen-bond acceptors (Lipinski definition) is 3. The molecule has 6 heteroatoms. The maximum Gasteiger partial charge on any atom is 0.251 e. The third kappa shape index (κ3) is 3.37. The number of hydrogen-bond donors (Lipinski definition) is 1. The molecule has 5 nitrogen and oxygen atoms in total. The van der Waals surface area contributed by atoms with Gasteiger partial charge in [0, 0.05) is 25.1 Å². The van der Waals surface area contributed by atoms with Crippen LogP contribution < -0.4 is 5.32 Å². The van der Waals surface area contributed by atoms with Gasteiger partial charge >= 0.3 is 0 Å². The van der Waals surface area contributed by atoms with Crippen LogP contribution in [0.3, 0.4) is 0 Å². The molecule has 2 fully saturated rings. The van der Waals surface area contributed by atoms with Crippen molar-refractivity contribution in [3.05, 3.63) is 35.6 Å². The number of nitrogens with zero attached hydrogens (tertiary/aromatic N) is 1. The first kappa shape index (κ1) is 15.9. The van der Waals surface area contributed by atoms with Crippen molar-refractivity contribution in [2.24, 2.45) is 0 Å². The number of nitrogens with one attached hydrogen (secondary N) is 1. The van der Waals surface area contributed by atoms with Gasteiger partial charge in [0.15, 0.2) is 0 Å². The Bertz CT molecular complexity index is 584. The number of benzene rings is 1. The van der Waals surface area contributed by atoms with Crippen LogP contribution in [0.5, 0.6) is 0 Å². The van der Waals surface area contributed by atoms with E-state index in [1.54, 1.807) is 0 Å². The molecule has 1 aliphatic heterocycles. The van der Waals surface area contributed by atoms with Crippen molar-refractivity contribution in [2.75, 3.05) is 26.3 Å². The number of halogens is 1. The number of rotatable bonds is 4. The summed E-state index contributed by atoms with van der Waals surface area (Å²) in [6, 6.07) is 5.35. The minimum atomic E-state index is -0.380. The van der Waals surface area contributed by atoms with Crippen molar-refractivity contribution in [2.45, 2.75) is 31.2 Å². The van der Waals surface area contributed by atoms with Gasteiger partial charge in [0.1, 0.15) is 5.82 Å². The standard InChI is InChI=1S/C17H21FN2O3/c18-14-4-2-13(3-5-14)16(22)19-9-6-15(21)20-10-11-23-12-17(20)7-1-8-17/h2-5H,1,6-12H2,(H,19,22). The van der Waals surface area contributed by atoms with Gasteiger partial charge in [0.2, 0.25) is 5.91 Å². The number of carbonyl (C=O) groups excluding carboxylic acids is 2. The maximum absolute atomic E-state index is 12.8. The van der Waals surface area contributed by atoms with Gasteiger partial charge in [-0.2, -0.15) is 0 Å². The molecule has 0 aromatic heterocycles. The molecule has 1 N–H and O–H groups in total. The second-order valence-corrected chi connectivity index (χ2v) is 6.19. The summed E-state index contributed by atoms with van der Waals surface area (Å²) in [7, 11) is 0. The maximum atomic E-state index is 12.8. The zero-order valence-electron chi connectivity index (χ0n) is 13.0. The lowest BCUT2D eigenvalue weighted by atomic mass is 9.75. The largest absolute Gasteiger partial charge is 0.377 e. The van der Waals surface area contributed by atoms with Gasteiger partial charge in [-0.15, -0.1) is 0 Å². The minimum absolute atomic E-state index is 0.0624. The molecule has 0 unspecified atom stereocenters. The van der Waals surface area contributed by atoms with Gasteiger partial charge in [-0.3, -0.25) is 9.59 Å². The molecule has 1 heterocycles. The highest BCUT2D eigenvalue weighted by Crippen LogP contribution is 2.39. The number of morpholine rings is 1. The Morgan fingerprint density at radius 3 is 2.65 bits per heavy atom. The van der Waals surface area contributed by atoms with E-state index in [1.165, 1.54) is 24.3 Å². The third-order valence-electron chi connectivity index (χ3n) is 4.72. The highest BCUT2D eigenvalue weighted by molar-refractivity contribution is 5.94. The first-order valence-corrected chi connectivity index (χ1v) is 8.03. The monoisotopic (exact) mass is 320 g/mol. The van der Waals surface area contributed by atoms with Crippen LogP contribution in [-0.2, 0) is 9.53 Å². The summed E-state index contributed by atoms with van der Waals surface area (Å²) in [6.45, 7) is 2.11. The first-order chi connectivity index (χ1) is 11.1. The minimum Gasteiger partial charge on any atom is -0.377 e. The molecule has 0 bridgehead atoms. The molecule has 2 aliphatic rings. The van der Waals surface area contributed by atoms with Crippen LogP contribution >= 0.6 is 0 Å². The number of carbonyl (C=O) groups is 2. The van der Waals surface area contributed by atoms with Crippen LogP contribution in [0.15, 0.2) is 24.3 Å². The van der Waals surface area contributed by atoms with Gasteiger partial charge in [-0.05, 0) is 43.5 Å². The quantitative estimate of drug-likeness (QED) is 0.919. The third-order valence-corrected chi connectivity index (χ3v) is 4.72. The SMILES string of the molecule is O=C(NCCC(=O)N1CCOCC12CCC2)c1ccc(F)cc1. The molecular weight excluding hydrogens is 299 g/mol. The highest BCUT2D eigenvalue weighted by Gasteiger charge is 2.46. The van der Waals surface area contributed by atoms with Crippen LogP contribution in [0.4, 0.5) is 4.39 Å². The normalized spacial score (nSPS) is 19.3. The Kier molecular flexibility index (Phi) is 4.61. The second kappa shape index (κ2) is 6.66. The molecule has 1 saturated carbocycles. The second-order valence-electron chi connectivity index (χ2n) is 6.19. The zero-order valence-corrected chi connectivity index (χ0v) is 13.0. The van der Waals surface area contributed by atoms with E-state index in [9.17, 15) is 14.0 Å². The van der Waals surface area contributed by atoms with Gasteiger partial charge in [-0.25, -0.2) is 4.39 Å². The smallest absolute Gasteiger partial charge is 0.251 e. The molecule has 0 radical (unpaired) electrons. The topological polar surface area (TPSA) is 58.6 Å². The van der Waals surface area contributed by atoms with Crippen LogP contribution in [-0.4, -0.2) is 48.6 Å². The van der Waals surface area contributed by atoms with Crippen molar-refractivity contribution in [1.82, 2.24) is 10.2 Å². The summed E-state index contributed by atoms with van der Waals surface area (Å²) in [5.41, 5.74) is 0.289. The fourth-order valence-corrected chi connectivity index (χ4v) is 3.24. The van der Waals surface area contributed by atoms with Crippen LogP contribution in [0.1, 0.15) is 36.0 Å². The highest BCUT2D eigenvalue weighted by atomic mass is 19.1. The average Bonchev–Trinajstić information content (AvgIpc) is 2.53. The first-order valence-electron chi connectivity index (χ1n) is 8.03. The lowest BCUT2D eigenvalue weighted by molar-refractivity contribution is -0.158. The predicted octanol–water partition coefficient (Wildman–Crippen LogP) is 1.73. The molecule has 124 valence electrons. The molecule has 1 aromatic carbocycles. The van der Waals surface area contributed by atoms with Crippen LogP contribution in [0.25, 0.3) is 0 Å². The summed E-state index contributed by atoms with van der Waals surface area (Å²) >= 11 is 0. The van der Waals surface area contributed by atoms with Crippen molar-refractivity contribution in [3.63, 3.8) is 0 Å². The van der Waals surface area contributed by atoms with Crippen molar-refractivity contribution >= 4 is 11.8 Å². The lowest BCUT2D eigenvalue weighted by Crippen LogP contribution is -2.62. The van der Waals surface area contributed by atoms with E-state index in [0.717, 1.165) is 19.3 Å². The van der Waals surface area contributed by atoms with E-state index in [0.29, 0.717) is 25.3 Å². The summed E-state index contributed by atoms with van der Waals surface area (Å²) in [4.78, 5) is 26.3. The van der Waals surface area contributed by atoms with Gasteiger partial charge in [0.05, 0.1) is 18.8 Å². The Hall–Kier alpha value is -1.95. The molecule has 23 heavy (non-hydrogen) atoms. The molecule has 0 atom stereocenters. The van der Waals surface area contributed by atoms with E-state index < -0.39 is 0 Å². The van der Waals surface area contributed by atoms with Gasteiger partial charge in [0.25, 0.3) is 5.91 Å². The molecular formula is C17H21FN2O3. The zero-order chi connectivity index (χ0) is 16.3. The Balaban J connectivity index is 1.49. The van der Waals surface area contributed by atoms with E-state index in [1.807, 2.05) is 4.90 Å². The fourth-order valence-electron chi connectivity index (χ4n) is 3.24. The number of ether oxygens (including phenoxy) is 1. The summed E-state index contributed by atoms with van der Waals surface area (Å²) in [5, 5.41) is 2.71. The van der Waals surface area contributed by atoms with Crippen molar-refractivity contribution in [1.29, 1.82) is 0 Å². The van der Waals surface area contributed by atoms with E-state index >= 15 is 0 Å². The molecule has 1 aromatic rings. The van der Waals surface area contributed by atoms with Crippen molar-refractivity contribution < 1.29 is 18.7 Å². The molecule has 1 spiro atoms. The number of amides is 2. The van der Waals surface area contributed by atoms with E-state index in [-0.39, 0.29) is 36.1 Å². The average molecular weight is 320 g/mol. The molecule has 1 saturated heterocycles. The van der Waals surface area contributed by atoms with E-state index in [2.05, 4.69) is 5.32 Å². The fraction of sp³-hybridized carbons (Fsp3) is 0.529. The summed E-state index contributed by atoms with van der Waals surface area (Å²) in [6.07, 6.45) is 3.41. The predicted molar refractivity (Wildman–Crippen MR) is 82.5 cm³/mol. The summed E-state index contributed by atoms with van der Waals surface area (Å²) in [5.74, 6) is -0.611. The lowest BCUT2D eigenvalue weighted by Gasteiger charge is -2.52. The van der Waals surface area contributed by atoms with Crippen LogP contribution in [0.2, 0.25) is 0 Å².